The summed E-state index contributed by atoms with van der Waals surface area (Å²) in [6, 6.07) is 6.93. The maximum atomic E-state index is 11.8. The standard InChI is InChI=1S/C16H22BrN3O/c17-11-4-7-15(14(9-11)16(18)21)20(13-5-6-13)10-12-3-1-2-8-19-12/h4,7,9,12-13,19H,1-3,5-6,8,10H2,(H2,18,21). The molecule has 3 N–H and O–H groups in total. The summed E-state index contributed by atoms with van der Waals surface area (Å²) < 4.78 is 0.895. The van der Waals surface area contributed by atoms with Crippen LogP contribution in [0.5, 0.6) is 0 Å². The Balaban J connectivity index is 1.85. The van der Waals surface area contributed by atoms with Gasteiger partial charge in [0.15, 0.2) is 0 Å². The highest BCUT2D eigenvalue weighted by Gasteiger charge is 2.33. The van der Waals surface area contributed by atoms with Gasteiger partial charge in [-0.2, -0.15) is 0 Å². The summed E-state index contributed by atoms with van der Waals surface area (Å²) in [6.45, 7) is 2.07. The van der Waals surface area contributed by atoms with E-state index in [0.717, 1.165) is 23.2 Å². The number of carbonyl (C=O) groups excluding carboxylic acids is 1. The first-order valence-electron chi connectivity index (χ1n) is 7.74. The Morgan fingerprint density at radius 3 is 2.76 bits per heavy atom. The highest BCUT2D eigenvalue weighted by molar-refractivity contribution is 9.10. The minimum absolute atomic E-state index is 0.353. The summed E-state index contributed by atoms with van der Waals surface area (Å²) in [5.41, 5.74) is 7.18. The molecule has 21 heavy (non-hydrogen) atoms. The maximum Gasteiger partial charge on any atom is 0.250 e. The highest BCUT2D eigenvalue weighted by atomic mass is 79.9. The fourth-order valence-electron chi connectivity index (χ4n) is 3.10. The number of primary amides is 1. The van der Waals surface area contributed by atoms with Crippen LogP contribution in [0.15, 0.2) is 22.7 Å². The lowest BCUT2D eigenvalue weighted by atomic mass is 10.0. The summed E-state index contributed by atoms with van der Waals surface area (Å²) in [5, 5.41) is 3.59. The van der Waals surface area contributed by atoms with Crippen molar-refractivity contribution in [2.45, 2.75) is 44.2 Å². The molecule has 1 aliphatic carbocycles. The van der Waals surface area contributed by atoms with Crippen molar-refractivity contribution in [3.63, 3.8) is 0 Å². The van der Waals surface area contributed by atoms with Crippen molar-refractivity contribution in [3.05, 3.63) is 28.2 Å². The van der Waals surface area contributed by atoms with Crippen molar-refractivity contribution in [2.75, 3.05) is 18.0 Å². The molecule has 4 nitrogen and oxygen atoms in total. The Morgan fingerprint density at radius 1 is 1.33 bits per heavy atom. The van der Waals surface area contributed by atoms with Crippen LogP contribution in [0, 0.1) is 0 Å². The average molecular weight is 352 g/mol. The molecule has 1 amide bonds. The number of rotatable bonds is 5. The third-order valence-electron chi connectivity index (χ3n) is 4.35. The molecular formula is C16H22BrN3O. The fourth-order valence-corrected chi connectivity index (χ4v) is 3.46. The molecule has 1 aliphatic heterocycles. The minimum Gasteiger partial charge on any atom is -0.366 e. The summed E-state index contributed by atoms with van der Waals surface area (Å²) in [4.78, 5) is 14.2. The Morgan fingerprint density at radius 2 is 2.14 bits per heavy atom. The molecule has 1 aromatic rings. The summed E-state index contributed by atoms with van der Waals surface area (Å²) in [7, 11) is 0. The smallest absolute Gasteiger partial charge is 0.250 e. The largest absolute Gasteiger partial charge is 0.366 e. The Bertz CT molecular complexity index is 524. The van der Waals surface area contributed by atoms with E-state index in [-0.39, 0.29) is 5.91 Å². The zero-order valence-corrected chi connectivity index (χ0v) is 13.7. The lowest BCUT2D eigenvalue weighted by molar-refractivity contribution is 0.100. The number of nitrogens with zero attached hydrogens (tertiary/aromatic N) is 1. The lowest BCUT2D eigenvalue weighted by Gasteiger charge is -2.33. The number of anilines is 1. The van der Waals surface area contributed by atoms with Crippen molar-refractivity contribution < 1.29 is 4.79 Å². The molecule has 0 radical (unpaired) electrons. The molecule has 114 valence electrons. The molecule has 0 aromatic heterocycles. The first kappa shape index (κ1) is 14.9. The predicted molar refractivity (Wildman–Crippen MR) is 88.7 cm³/mol. The van der Waals surface area contributed by atoms with Gasteiger partial charge in [-0.1, -0.05) is 22.4 Å². The van der Waals surface area contributed by atoms with Crippen LogP contribution in [-0.4, -0.2) is 31.1 Å². The van der Waals surface area contributed by atoms with Gasteiger partial charge in [0.2, 0.25) is 0 Å². The summed E-state index contributed by atoms with van der Waals surface area (Å²) in [6.07, 6.45) is 6.19. The van der Waals surface area contributed by atoms with Gasteiger partial charge in [-0.25, -0.2) is 0 Å². The van der Waals surface area contributed by atoms with Crippen LogP contribution in [0.3, 0.4) is 0 Å². The second-order valence-electron chi connectivity index (χ2n) is 6.06. The number of hydrogen-bond donors (Lipinski definition) is 2. The Hall–Kier alpha value is -1.07. The monoisotopic (exact) mass is 351 g/mol. The first-order valence-corrected chi connectivity index (χ1v) is 8.54. The van der Waals surface area contributed by atoms with Crippen LogP contribution in [0.1, 0.15) is 42.5 Å². The van der Waals surface area contributed by atoms with Crippen molar-refractivity contribution in [2.24, 2.45) is 5.73 Å². The SMILES string of the molecule is NC(=O)c1cc(Br)ccc1N(CC1CCCCN1)C1CC1. The zero-order valence-electron chi connectivity index (χ0n) is 12.1. The average Bonchev–Trinajstić information content (AvgIpc) is 3.31. The van der Waals surface area contributed by atoms with E-state index in [4.69, 9.17) is 5.73 Å². The van der Waals surface area contributed by atoms with Crippen LogP contribution in [0.2, 0.25) is 0 Å². The number of benzene rings is 1. The van der Waals surface area contributed by atoms with Crippen molar-refractivity contribution >= 4 is 27.5 Å². The molecule has 2 aliphatic rings. The molecule has 5 heteroatoms. The molecule has 1 aromatic carbocycles. The van der Waals surface area contributed by atoms with E-state index in [0.29, 0.717) is 17.6 Å². The third kappa shape index (κ3) is 3.58. The molecule has 1 atom stereocenters. The van der Waals surface area contributed by atoms with E-state index in [9.17, 15) is 4.79 Å². The van der Waals surface area contributed by atoms with Gasteiger partial charge in [-0.3, -0.25) is 4.79 Å². The van der Waals surface area contributed by atoms with E-state index in [1.54, 1.807) is 0 Å². The molecule has 3 rings (SSSR count). The topological polar surface area (TPSA) is 58.4 Å². The molecule has 1 saturated heterocycles. The van der Waals surface area contributed by atoms with Gasteiger partial charge in [-0.15, -0.1) is 0 Å². The highest BCUT2D eigenvalue weighted by Crippen LogP contribution is 2.35. The van der Waals surface area contributed by atoms with Crippen molar-refractivity contribution in [1.29, 1.82) is 0 Å². The molecular weight excluding hydrogens is 330 g/mol. The maximum absolute atomic E-state index is 11.8. The van der Waals surface area contributed by atoms with Gasteiger partial charge in [0, 0.05) is 28.8 Å². The molecule has 1 saturated carbocycles. The van der Waals surface area contributed by atoms with Gasteiger partial charge in [-0.05, 0) is 50.4 Å². The number of nitrogens with two attached hydrogens (primary N) is 1. The number of halogens is 1. The van der Waals surface area contributed by atoms with E-state index in [1.807, 2.05) is 18.2 Å². The molecule has 0 bridgehead atoms. The van der Waals surface area contributed by atoms with Gasteiger partial charge >= 0.3 is 0 Å². The molecule has 1 unspecified atom stereocenters. The molecule has 1 heterocycles. The van der Waals surface area contributed by atoms with Crippen LogP contribution < -0.4 is 16.0 Å². The van der Waals surface area contributed by atoms with Crippen LogP contribution >= 0.6 is 15.9 Å². The second kappa shape index (κ2) is 6.36. The van der Waals surface area contributed by atoms with Crippen LogP contribution in [0.4, 0.5) is 5.69 Å². The minimum atomic E-state index is -0.353. The quantitative estimate of drug-likeness (QED) is 0.857. The van der Waals surface area contributed by atoms with Gasteiger partial charge < -0.3 is 16.0 Å². The number of nitrogens with one attached hydrogen (secondary N) is 1. The first-order chi connectivity index (χ1) is 10.1. The van der Waals surface area contributed by atoms with E-state index < -0.39 is 0 Å². The Labute approximate surface area is 134 Å². The van der Waals surface area contributed by atoms with E-state index >= 15 is 0 Å². The number of hydrogen-bond acceptors (Lipinski definition) is 3. The zero-order chi connectivity index (χ0) is 14.8. The van der Waals surface area contributed by atoms with E-state index in [1.165, 1.54) is 32.1 Å². The van der Waals surface area contributed by atoms with Crippen LogP contribution in [-0.2, 0) is 0 Å². The lowest BCUT2D eigenvalue weighted by Crippen LogP contribution is -2.45. The van der Waals surface area contributed by atoms with Gasteiger partial charge in [0.25, 0.3) is 5.91 Å². The predicted octanol–water partition coefficient (Wildman–Crippen LogP) is 2.66. The second-order valence-corrected chi connectivity index (χ2v) is 6.97. The molecule has 0 spiro atoms. The number of amides is 1. The van der Waals surface area contributed by atoms with E-state index in [2.05, 4.69) is 26.1 Å². The van der Waals surface area contributed by atoms with Gasteiger partial charge in [0.1, 0.15) is 0 Å². The van der Waals surface area contributed by atoms with Gasteiger partial charge in [0.05, 0.1) is 5.56 Å². The number of carbonyl (C=O) groups is 1. The summed E-state index contributed by atoms with van der Waals surface area (Å²) in [5.74, 6) is -0.353. The fraction of sp³-hybridized carbons (Fsp3) is 0.562. The normalized spacial score (nSPS) is 22.0. The van der Waals surface area contributed by atoms with Crippen molar-refractivity contribution in [3.8, 4) is 0 Å². The van der Waals surface area contributed by atoms with Crippen LogP contribution in [0.25, 0.3) is 0 Å². The van der Waals surface area contributed by atoms with Crippen molar-refractivity contribution in [1.82, 2.24) is 5.32 Å². The Kier molecular flexibility index (Phi) is 4.50. The number of piperidine rings is 1. The summed E-state index contributed by atoms with van der Waals surface area (Å²) >= 11 is 3.43. The third-order valence-corrected chi connectivity index (χ3v) is 4.84. The molecule has 2 fully saturated rings.